The summed E-state index contributed by atoms with van der Waals surface area (Å²) in [6.45, 7) is 1.65. The minimum absolute atomic E-state index is 0. The van der Waals surface area contributed by atoms with Gasteiger partial charge in [0, 0.05) is 31.4 Å². The first-order valence-corrected chi connectivity index (χ1v) is 4.84. The van der Waals surface area contributed by atoms with Crippen LogP contribution in [-0.2, 0) is 11.3 Å². The van der Waals surface area contributed by atoms with Crippen molar-refractivity contribution in [3.05, 3.63) is 29.8 Å². The van der Waals surface area contributed by atoms with Gasteiger partial charge in [-0.15, -0.1) is 12.4 Å². The second kappa shape index (κ2) is 5.77. The maximum atomic E-state index is 13.1. The van der Waals surface area contributed by atoms with Gasteiger partial charge in [-0.2, -0.15) is 0 Å². The van der Waals surface area contributed by atoms with E-state index in [0.717, 1.165) is 6.20 Å². The molecule has 0 unspecified atom stereocenters. The third-order valence-electron chi connectivity index (χ3n) is 2.46. The third kappa shape index (κ3) is 2.90. The first-order chi connectivity index (χ1) is 7.27. The number of nitrogens with zero attached hydrogens (tertiary/aromatic N) is 1. The van der Waals surface area contributed by atoms with E-state index in [0.29, 0.717) is 18.7 Å². The fourth-order valence-corrected chi connectivity index (χ4v) is 1.35. The predicted molar refractivity (Wildman–Crippen MR) is 59.6 cm³/mol. The van der Waals surface area contributed by atoms with Crippen LogP contribution in [0.25, 0.3) is 0 Å². The fraction of sp³-hybridized carbons (Fsp3) is 0.400. The molecule has 1 aromatic rings. The van der Waals surface area contributed by atoms with Crippen molar-refractivity contribution in [1.82, 2.24) is 15.6 Å². The molecule has 1 fully saturated rings. The molecule has 0 aliphatic carbocycles. The number of hydrogen-bond donors (Lipinski definition) is 2. The summed E-state index contributed by atoms with van der Waals surface area (Å²) >= 11 is 0. The van der Waals surface area contributed by atoms with E-state index in [4.69, 9.17) is 0 Å². The maximum absolute atomic E-state index is 13.1. The van der Waals surface area contributed by atoms with Gasteiger partial charge < -0.3 is 10.6 Å². The van der Waals surface area contributed by atoms with Crippen LogP contribution in [0.3, 0.4) is 0 Å². The van der Waals surface area contributed by atoms with Crippen LogP contribution in [0.4, 0.5) is 4.39 Å². The highest BCUT2D eigenvalue weighted by molar-refractivity contribution is 5.85. The Kier molecular flexibility index (Phi) is 4.64. The van der Waals surface area contributed by atoms with Gasteiger partial charge in [-0.05, 0) is 6.07 Å². The van der Waals surface area contributed by atoms with Crippen LogP contribution in [0.5, 0.6) is 0 Å². The zero-order chi connectivity index (χ0) is 10.7. The Hall–Kier alpha value is -1.20. The molecule has 2 heterocycles. The molecule has 0 radical (unpaired) electrons. The van der Waals surface area contributed by atoms with Crippen molar-refractivity contribution in [2.24, 2.45) is 5.92 Å². The number of carbonyl (C=O) groups excluding carboxylic acids is 1. The summed E-state index contributed by atoms with van der Waals surface area (Å²) in [5.74, 6) is -0.371. The van der Waals surface area contributed by atoms with Crippen molar-refractivity contribution < 1.29 is 9.18 Å². The third-order valence-corrected chi connectivity index (χ3v) is 2.46. The number of hydrogen-bond acceptors (Lipinski definition) is 3. The molecule has 0 aromatic carbocycles. The number of rotatable bonds is 3. The Balaban J connectivity index is 0.00000128. The predicted octanol–water partition coefficient (Wildman–Crippen LogP) is 0.478. The summed E-state index contributed by atoms with van der Waals surface area (Å²) in [4.78, 5) is 15.1. The summed E-state index contributed by atoms with van der Waals surface area (Å²) in [7, 11) is 0. The highest BCUT2D eigenvalue weighted by atomic mass is 35.5. The van der Waals surface area contributed by atoms with Gasteiger partial charge >= 0.3 is 0 Å². The van der Waals surface area contributed by atoms with Crippen LogP contribution >= 0.6 is 12.4 Å². The minimum atomic E-state index is -0.385. The van der Waals surface area contributed by atoms with Crippen molar-refractivity contribution in [1.29, 1.82) is 0 Å². The second-order valence-electron chi connectivity index (χ2n) is 3.54. The maximum Gasteiger partial charge on any atom is 0.225 e. The van der Waals surface area contributed by atoms with E-state index in [9.17, 15) is 9.18 Å². The summed E-state index contributed by atoms with van der Waals surface area (Å²) in [6.07, 6.45) is 2.65. The standard InChI is InChI=1S/C10H12FN3O.ClH/c11-9-6-12-2-1-7(9)5-14-10(15)8-3-13-4-8;/h1-2,6,8,13H,3-5H2,(H,14,15);1H. The van der Waals surface area contributed by atoms with Crippen LogP contribution in [0.1, 0.15) is 5.56 Å². The Bertz CT molecular complexity index is 371. The highest BCUT2D eigenvalue weighted by Gasteiger charge is 2.24. The lowest BCUT2D eigenvalue weighted by Crippen LogP contribution is -2.50. The molecule has 0 atom stereocenters. The van der Waals surface area contributed by atoms with Crippen LogP contribution in [0.2, 0.25) is 0 Å². The number of pyridine rings is 1. The molecule has 0 saturated carbocycles. The minimum Gasteiger partial charge on any atom is -0.352 e. The summed E-state index contributed by atoms with van der Waals surface area (Å²) < 4.78 is 13.1. The van der Waals surface area contributed by atoms with Crippen LogP contribution in [-0.4, -0.2) is 24.0 Å². The quantitative estimate of drug-likeness (QED) is 0.815. The molecule has 1 aromatic heterocycles. The number of amides is 1. The van der Waals surface area contributed by atoms with Gasteiger partial charge in [0.15, 0.2) is 0 Å². The smallest absolute Gasteiger partial charge is 0.225 e. The molecule has 1 aliphatic rings. The van der Waals surface area contributed by atoms with Gasteiger partial charge in [-0.1, -0.05) is 0 Å². The topological polar surface area (TPSA) is 54.0 Å². The second-order valence-corrected chi connectivity index (χ2v) is 3.54. The van der Waals surface area contributed by atoms with Crippen molar-refractivity contribution in [2.75, 3.05) is 13.1 Å². The Morgan fingerprint density at radius 2 is 2.38 bits per heavy atom. The lowest BCUT2D eigenvalue weighted by atomic mass is 10.0. The number of aromatic nitrogens is 1. The largest absolute Gasteiger partial charge is 0.352 e. The molecule has 0 bridgehead atoms. The van der Waals surface area contributed by atoms with Crippen molar-refractivity contribution >= 4 is 18.3 Å². The Labute approximate surface area is 99.0 Å². The van der Waals surface area contributed by atoms with Crippen LogP contribution in [0, 0.1) is 11.7 Å². The van der Waals surface area contributed by atoms with E-state index in [1.54, 1.807) is 6.07 Å². The van der Waals surface area contributed by atoms with E-state index in [2.05, 4.69) is 15.6 Å². The SMILES string of the molecule is Cl.O=C(NCc1ccncc1F)C1CNC1. The van der Waals surface area contributed by atoms with Gasteiger partial charge in [-0.3, -0.25) is 9.78 Å². The van der Waals surface area contributed by atoms with Crippen molar-refractivity contribution in [3.63, 3.8) is 0 Å². The molecule has 6 heteroatoms. The van der Waals surface area contributed by atoms with Gasteiger partial charge in [0.2, 0.25) is 5.91 Å². The molecule has 1 saturated heterocycles. The molecule has 1 amide bonds. The monoisotopic (exact) mass is 245 g/mol. The lowest BCUT2D eigenvalue weighted by Gasteiger charge is -2.25. The molecule has 1 aliphatic heterocycles. The number of carbonyl (C=O) groups is 1. The normalized spacial score (nSPS) is 14.8. The van der Waals surface area contributed by atoms with E-state index in [-0.39, 0.29) is 36.6 Å². The number of halogens is 2. The van der Waals surface area contributed by atoms with Crippen molar-refractivity contribution in [3.8, 4) is 0 Å². The van der Waals surface area contributed by atoms with Crippen LogP contribution < -0.4 is 10.6 Å². The summed E-state index contributed by atoms with van der Waals surface area (Å²) in [6, 6.07) is 1.56. The van der Waals surface area contributed by atoms with Gasteiger partial charge in [0.25, 0.3) is 0 Å². The van der Waals surface area contributed by atoms with E-state index >= 15 is 0 Å². The summed E-state index contributed by atoms with van der Waals surface area (Å²) in [5.41, 5.74) is 0.464. The van der Waals surface area contributed by atoms with Gasteiger partial charge in [0.05, 0.1) is 12.1 Å². The van der Waals surface area contributed by atoms with E-state index < -0.39 is 0 Å². The molecule has 88 valence electrons. The van der Waals surface area contributed by atoms with E-state index in [1.807, 2.05) is 0 Å². The fourth-order valence-electron chi connectivity index (χ4n) is 1.35. The van der Waals surface area contributed by atoms with Crippen molar-refractivity contribution in [2.45, 2.75) is 6.54 Å². The first kappa shape index (κ1) is 12.9. The zero-order valence-corrected chi connectivity index (χ0v) is 9.39. The molecule has 2 rings (SSSR count). The highest BCUT2D eigenvalue weighted by Crippen LogP contribution is 2.06. The van der Waals surface area contributed by atoms with Gasteiger partial charge in [-0.25, -0.2) is 4.39 Å². The average molecular weight is 246 g/mol. The molecule has 16 heavy (non-hydrogen) atoms. The average Bonchev–Trinajstić information content (AvgIpc) is 2.14. The first-order valence-electron chi connectivity index (χ1n) is 4.84. The molecular formula is C10H13ClFN3O. The van der Waals surface area contributed by atoms with Gasteiger partial charge in [0.1, 0.15) is 5.82 Å². The lowest BCUT2D eigenvalue weighted by molar-refractivity contribution is -0.126. The summed E-state index contributed by atoms with van der Waals surface area (Å²) in [5, 5.41) is 5.70. The molecular weight excluding hydrogens is 233 g/mol. The molecule has 4 nitrogen and oxygen atoms in total. The Morgan fingerprint density at radius 3 is 2.94 bits per heavy atom. The molecule has 0 spiro atoms. The zero-order valence-electron chi connectivity index (χ0n) is 8.57. The number of nitrogens with one attached hydrogen (secondary N) is 2. The van der Waals surface area contributed by atoms with Crippen LogP contribution in [0.15, 0.2) is 18.5 Å². The Morgan fingerprint density at radius 1 is 1.62 bits per heavy atom. The van der Waals surface area contributed by atoms with E-state index in [1.165, 1.54) is 6.20 Å². The molecule has 2 N–H and O–H groups in total.